The summed E-state index contributed by atoms with van der Waals surface area (Å²) >= 11 is 0. The van der Waals surface area contributed by atoms with Crippen molar-refractivity contribution in [3.63, 3.8) is 0 Å². The van der Waals surface area contributed by atoms with Crippen LogP contribution in [0.15, 0.2) is 24.3 Å². The normalized spacial score (nSPS) is 16.9. The van der Waals surface area contributed by atoms with Gasteiger partial charge in [-0.1, -0.05) is 69.2 Å². The Balaban J connectivity index is 1.65. The minimum Gasteiger partial charge on any atom is -0.392 e. The molecule has 0 bridgehead atoms. The molecule has 0 radical (unpaired) electrons. The van der Waals surface area contributed by atoms with Gasteiger partial charge in [-0.2, -0.15) is 0 Å². The first-order valence-corrected chi connectivity index (χ1v) is 7.57. The van der Waals surface area contributed by atoms with Crippen molar-refractivity contribution < 1.29 is 5.11 Å². The van der Waals surface area contributed by atoms with E-state index in [-0.39, 0.29) is 6.61 Å². The van der Waals surface area contributed by atoms with Crippen molar-refractivity contribution in [3.8, 4) is 0 Å². The molecular weight excluding hydrogens is 220 g/mol. The van der Waals surface area contributed by atoms with Gasteiger partial charge in [0.1, 0.15) is 0 Å². The number of hydrogen-bond acceptors (Lipinski definition) is 1. The fourth-order valence-electron chi connectivity index (χ4n) is 3.12. The van der Waals surface area contributed by atoms with Gasteiger partial charge < -0.3 is 5.11 Å². The predicted molar refractivity (Wildman–Crippen MR) is 76.5 cm³/mol. The first-order chi connectivity index (χ1) is 8.88. The number of aliphatic hydroxyl groups is 1. The maximum atomic E-state index is 9.10. The molecule has 0 amide bonds. The molecule has 0 saturated heterocycles. The highest BCUT2D eigenvalue weighted by Crippen LogP contribution is 2.27. The molecule has 0 heterocycles. The SMILES string of the molecule is OCc1cccc(CCCCC2CCCCC2)c1. The highest BCUT2D eigenvalue weighted by atomic mass is 16.3. The van der Waals surface area contributed by atoms with Crippen molar-refractivity contribution in [1.82, 2.24) is 0 Å². The third kappa shape index (κ3) is 4.45. The fraction of sp³-hybridized carbons (Fsp3) is 0.647. The molecule has 1 aromatic carbocycles. The van der Waals surface area contributed by atoms with E-state index < -0.39 is 0 Å². The molecule has 1 fully saturated rings. The van der Waals surface area contributed by atoms with Gasteiger partial charge in [0.05, 0.1) is 6.61 Å². The Morgan fingerprint density at radius 2 is 1.78 bits per heavy atom. The molecule has 0 aromatic heterocycles. The molecule has 1 aliphatic rings. The van der Waals surface area contributed by atoms with Gasteiger partial charge in [0.25, 0.3) is 0 Å². The van der Waals surface area contributed by atoms with Crippen LogP contribution in [0.25, 0.3) is 0 Å². The summed E-state index contributed by atoms with van der Waals surface area (Å²) in [5, 5.41) is 9.10. The zero-order valence-corrected chi connectivity index (χ0v) is 11.4. The quantitative estimate of drug-likeness (QED) is 0.734. The summed E-state index contributed by atoms with van der Waals surface area (Å²) in [5.41, 5.74) is 2.42. The summed E-state index contributed by atoms with van der Waals surface area (Å²) in [5.74, 6) is 1.02. The van der Waals surface area contributed by atoms with Gasteiger partial charge in [-0.25, -0.2) is 0 Å². The smallest absolute Gasteiger partial charge is 0.0681 e. The maximum Gasteiger partial charge on any atom is 0.0681 e. The van der Waals surface area contributed by atoms with Gasteiger partial charge in [-0.3, -0.25) is 0 Å². The summed E-state index contributed by atoms with van der Waals surface area (Å²) in [6.07, 6.45) is 12.6. The lowest BCUT2D eigenvalue weighted by molar-refractivity contribution is 0.281. The summed E-state index contributed by atoms with van der Waals surface area (Å²) in [6, 6.07) is 8.37. The lowest BCUT2D eigenvalue weighted by Gasteiger charge is -2.21. The van der Waals surface area contributed by atoms with E-state index in [9.17, 15) is 0 Å². The highest BCUT2D eigenvalue weighted by molar-refractivity contribution is 5.22. The molecule has 1 N–H and O–H groups in total. The molecule has 100 valence electrons. The molecule has 1 aromatic rings. The van der Waals surface area contributed by atoms with E-state index in [0.717, 1.165) is 11.5 Å². The Hall–Kier alpha value is -0.820. The average Bonchev–Trinajstić information content (AvgIpc) is 2.45. The number of hydrogen-bond donors (Lipinski definition) is 1. The summed E-state index contributed by atoms with van der Waals surface area (Å²) in [7, 11) is 0. The number of benzene rings is 1. The summed E-state index contributed by atoms with van der Waals surface area (Å²) in [4.78, 5) is 0. The second kappa shape index (κ2) is 7.58. The van der Waals surface area contributed by atoms with Crippen LogP contribution in [-0.4, -0.2) is 5.11 Å². The van der Waals surface area contributed by atoms with Crippen LogP contribution < -0.4 is 0 Å². The van der Waals surface area contributed by atoms with Gasteiger partial charge >= 0.3 is 0 Å². The molecule has 0 atom stereocenters. The Morgan fingerprint density at radius 1 is 1.00 bits per heavy atom. The standard InChI is InChI=1S/C17H26O/c18-14-17-12-6-11-16(13-17)10-5-4-9-15-7-2-1-3-8-15/h6,11-13,15,18H,1-5,7-10,14H2. The minimum atomic E-state index is 0.163. The topological polar surface area (TPSA) is 20.2 Å². The zero-order valence-electron chi connectivity index (χ0n) is 11.4. The summed E-state index contributed by atoms with van der Waals surface area (Å²) in [6.45, 7) is 0.163. The number of unbranched alkanes of at least 4 members (excludes halogenated alkanes) is 1. The van der Waals surface area contributed by atoms with Crippen LogP contribution in [0.3, 0.4) is 0 Å². The van der Waals surface area contributed by atoms with Crippen molar-refractivity contribution in [1.29, 1.82) is 0 Å². The minimum absolute atomic E-state index is 0.163. The van der Waals surface area contributed by atoms with Crippen LogP contribution in [0.4, 0.5) is 0 Å². The van der Waals surface area contributed by atoms with E-state index in [1.54, 1.807) is 0 Å². The Bertz CT molecular complexity index is 339. The van der Waals surface area contributed by atoms with E-state index >= 15 is 0 Å². The molecule has 2 rings (SSSR count). The molecule has 0 unspecified atom stereocenters. The molecule has 18 heavy (non-hydrogen) atoms. The van der Waals surface area contributed by atoms with Crippen LogP contribution in [0, 0.1) is 5.92 Å². The van der Waals surface area contributed by atoms with Gasteiger partial charge in [0.15, 0.2) is 0 Å². The number of aliphatic hydroxyl groups excluding tert-OH is 1. The van der Waals surface area contributed by atoms with E-state index in [0.29, 0.717) is 0 Å². The van der Waals surface area contributed by atoms with Crippen LogP contribution in [-0.2, 0) is 13.0 Å². The Labute approximate surface area is 111 Å². The first-order valence-electron chi connectivity index (χ1n) is 7.57. The zero-order chi connectivity index (χ0) is 12.6. The second-order valence-electron chi connectivity index (χ2n) is 5.73. The fourth-order valence-corrected chi connectivity index (χ4v) is 3.12. The number of rotatable bonds is 6. The van der Waals surface area contributed by atoms with Crippen molar-refractivity contribution in [2.45, 2.75) is 64.4 Å². The van der Waals surface area contributed by atoms with Crippen LogP contribution in [0.1, 0.15) is 62.5 Å². The highest BCUT2D eigenvalue weighted by Gasteiger charge is 2.12. The number of aryl methyl sites for hydroxylation is 1. The van der Waals surface area contributed by atoms with Crippen molar-refractivity contribution in [2.75, 3.05) is 0 Å². The maximum absolute atomic E-state index is 9.10. The van der Waals surface area contributed by atoms with E-state index in [2.05, 4.69) is 18.2 Å². The van der Waals surface area contributed by atoms with Gasteiger partial charge in [-0.15, -0.1) is 0 Å². The molecular formula is C17H26O. The monoisotopic (exact) mass is 246 g/mol. The van der Waals surface area contributed by atoms with E-state index in [1.165, 1.54) is 63.4 Å². The third-order valence-electron chi connectivity index (χ3n) is 4.23. The van der Waals surface area contributed by atoms with Crippen molar-refractivity contribution >= 4 is 0 Å². The van der Waals surface area contributed by atoms with Crippen LogP contribution >= 0.6 is 0 Å². The second-order valence-corrected chi connectivity index (χ2v) is 5.73. The lowest BCUT2D eigenvalue weighted by atomic mass is 9.85. The largest absolute Gasteiger partial charge is 0.392 e. The lowest BCUT2D eigenvalue weighted by Crippen LogP contribution is -2.05. The molecule has 0 aliphatic heterocycles. The Kier molecular flexibility index (Phi) is 5.73. The van der Waals surface area contributed by atoms with Crippen LogP contribution in [0.2, 0.25) is 0 Å². The molecule has 1 heteroatoms. The van der Waals surface area contributed by atoms with E-state index in [1.807, 2.05) is 6.07 Å². The Morgan fingerprint density at radius 3 is 2.56 bits per heavy atom. The van der Waals surface area contributed by atoms with E-state index in [4.69, 9.17) is 5.11 Å². The van der Waals surface area contributed by atoms with Crippen molar-refractivity contribution in [2.24, 2.45) is 5.92 Å². The molecule has 1 aliphatic carbocycles. The molecule has 0 spiro atoms. The van der Waals surface area contributed by atoms with Gasteiger partial charge in [-0.05, 0) is 29.9 Å². The molecule has 1 saturated carbocycles. The summed E-state index contributed by atoms with van der Waals surface area (Å²) < 4.78 is 0. The third-order valence-corrected chi connectivity index (χ3v) is 4.23. The average molecular weight is 246 g/mol. The van der Waals surface area contributed by atoms with Gasteiger partial charge in [0, 0.05) is 0 Å². The van der Waals surface area contributed by atoms with Crippen LogP contribution in [0.5, 0.6) is 0 Å². The predicted octanol–water partition coefficient (Wildman–Crippen LogP) is 4.47. The molecule has 1 nitrogen and oxygen atoms in total. The van der Waals surface area contributed by atoms with Gasteiger partial charge in [0.2, 0.25) is 0 Å². The first kappa shape index (κ1) is 13.6. The van der Waals surface area contributed by atoms with Crippen molar-refractivity contribution in [3.05, 3.63) is 35.4 Å².